The smallest absolute Gasteiger partial charge is 0.275 e. The van der Waals surface area contributed by atoms with E-state index in [0.29, 0.717) is 11.0 Å². The van der Waals surface area contributed by atoms with Crippen molar-refractivity contribution in [3.63, 3.8) is 0 Å². The number of nitrogens with zero attached hydrogens (tertiary/aromatic N) is 4. The number of aliphatic hydroxyl groups is 1. The third-order valence-electron chi connectivity index (χ3n) is 3.95. The molecule has 0 radical (unpaired) electrons. The van der Waals surface area contributed by atoms with Crippen LogP contribution in [0.1, 0.15) is 36.4 Å². The van der Waals surface area contributed by atoms with Gasteiger partial charge in [-0.1, -0.05) is 17.8 Å². The van der Waals surface area contributed by atoms with Gasteiger partial charge in [-0.2, -0.15) is 9.61 Å². The first-order chi connectivity index (χ1) is 10.2. The fraction of sp³-hybridized carbons (Fsp3) is 0.643. The van der Waals surface area contributed by atoms with E-state index in [9.17, 15) is 4.79 Å². The van der Waals surface area contributed by atoms with Crippen LogP contribution in [0, 0.1) is 6.92 Å². The third kappa shape index (κ3) is 3.14. The maximum atomic E-state index is 11.9. The second kappa shape index (κ2) is 6.21. The summed E-state index contributed by atoms with van der Waals surface area (Å²) in [5.41, 5.74) is 0.608. The molecule has 2 heterocycles. The number of hydrogen-bond acceptors (Lipinski definition) is 6. The van der Waals surface area contributed by atoms with E-state index in [2.05, 4.69) is 15.0 Å². The van der Waals surface area contributed by atoms with Crippen LogP contribution in [-0.2, 0) is 6.54 Å². The van der Waals surface area contributed by atoms with E-state index in [0.717, 1.165) is 30.2 Å². The molecule has 0 bridgehead atoms. The van der Waals surface area contributed by atoms with Gasteiger partial charge in [0.1, 0.15) is 5.01 Å². The first-order valence-electron chi connectivity index (χ1n) is 7.38. The lowest BCUT2D eigenvalue weighted by Gasteiger charge is -2.36. The zero-order chi connectivity index (χ0) is 14.8. The number of fused-ring (bicyclic) bond motifs is 1. The van der Waals surface area contributed by atoms with Crippen molar-refractivity contribution < 1.29 is 5.11 Å². The van der Waals surface area contributed by atoms with Gasteiger partial charge in [-0.15, -0.1) is 0 Å². The molecule has 2 aromatic heterocycles. The third-order valence-corrected chi connectivity index (χ3v) is 4.84. The lowest BCUT2D eigenvalue weighted by atomic mass is 9.91. The lowest BCUT2D eigenvalue weighted by Crippen LogP contribution is -2.40. The van der Waals surface area contributed by atoms with Crippen molar-refractivity contribution in [2.75, 3.05) is 13.2 Å². The van der Waals surface area contributed by atoms with Gasteiger partial charge in [0.05, 0.1) is 6.54 Å². The van der Waals surface area contributed by atoms with Crippen LogP contribution in [0.15, 0.2) is 10.9 Å². The van der Waals surface area contributed by atoms with Crippen LogP contribution in [0.3, 0.4) is 0 Å². The van der Waals surface area contributed by atoms with Crippen LogP contribution in [0.4, 0.5) is 0 Å². The Morgan fingerprint density at radius 1 is 1.52 bits per heavy atom. The molecule has 2 aromatic rings. The Morgan fingerprint density at radius 3 is 3.00 bits per heavy atom. The minimum absolute atomic E-state index is 0.120. The van der Waals surface area contributed by atoms with Crippen molar-refractivity contribution in [2.24, 2.45) is 0 Å². The SMILES string of the molecule is Cc1cc(=O)n2nc(CN(CCCO)C3CCC3)sc2n1. The minimum atomic E-state index is -0.120. The molecule has 1 N–H and O–H groups in total. The summed E-state index contributed by atoms with van der Waals surface area (Å²) in [7, 11) is 0. The maximum Gasteiger partial charge on any atom is 0.275 e. The van der Waals surface area contributed by atoms with Gasteiger partial charge in [0, 0.05) is 31.0 Å². The highest BCUT2D eigenvalue weighted by atomic mass is 32.1. The highest BCUT2D eigenvalue weighted by Crippen LogP contribution is 2.27. The Morgan fingerprint density at radius 2 is 2.33 bits per heavy atom. The molecular weight excluding hydrogens is 288 g/mol. The molecule has 21 heavy (non-hydrogen) atoms. The topological polar surface area (TPSA) is 70.7 Å². The van der Waals surface area contributed by atoms with Crippen LogP contribution >= 0.6 is 11.3 Å². The second-order valence-electron chi connectivity index (χ2n) is 5.56. The number of aliphatic hydroxyl groups excluding tert-OH is 1. The molecule has 1 fully saturated rings. The quantitative estimate of drug-likeness (QED) is 0.868. The van der Waals surface area contributed by atoms with Gasteiger partial charge >= 0.3 is 0 Å². The van der Waals surface area contributed by atoms with Crippen molar-refractivity contribution in [3.05, 3.63) is 27.1 Å². The molecule has 7 heteroatoms. The lowest BCUT2D eigenvalue weighted by molar-refractivity contribution is 0.109. The molecule has 0 atom stereocenters. The van der Waals surface area contributed by atoms with Crippen molar-refractivity contribution in [1.29, 1.82) is 0 Å². The highest BCUT2D eigenvalue weighted by Gasteiger charge is 2.25. The summed E-state index contributed by atoms with van der Waals surface area (Å²) in [5, 5.41) is 14.4. The maximum absolute atomic E-state index is 11.9. The van der Waals surface area contributed by atoms with Crippen molar-refractivity contribution in [1.82, 2.24) is 19.5 Å². The molecular formula is C14H20N4O2S. The first kappa shape index (κ1) is 14.6. The summed E-state index contributed by atoms with van der Waals surface area (Å²) >= 11 is 1.48. The molecule has 0 aliphatic heterocycles. The van der Waals surface area contributed by atoms with Gasteiger partial charge in [0.15, 0.2) is 0 Å². The predicted molar refractivity (Wildman–Crippen MR) is 81.6 cm³/mol. The Balaban J connectivity index is 1.81. The van der Waals surface area contributed by atoms with Crippen LogP contribution < -0.4 is 5.56 Å². The zero-order valence-electron chi connectivity index (χ0n) is 12.2. The number of hydrogen-bond donors (Lipinski definition) is 1. The van der Waals surface area contributed by atoms with Crippen molar-refractivity contribution >= 4 is 16.3 Å². The number of aromatic nitrogens is 3. The van der Waals surface area contributed by atoms with Crippen molar-refractivity contribution in [3.8, 4) is 0 Å². The van der Waals surface area contributed by atoms with E-state index in [1.54, 1.807) is 0 Å². The molecule has 0 saturated heterocycles. The average molecular weight is 308 g/mol. The summed E-state index contributed by atoms with van der Waals surface area (Å²) in [6, 6.07) is 2.10. The molecule has 0 amide bonds. The molecule has 114 valence electrons. The summed E-state index contributed by atoms with van der Waals surface area (Å²) in [6.07, 6.45) is 4.49. The van der Waals surface area contributed by atoms with Crippen LogP contribution in [-0.4, -0.2) is 43.8 Å². The van der Waals surface area contributed by atoms with Gasteiger partial charge in [0.2, 0.25) is 4.96 Å². The van der Waals surface area contributed by atoms with Gasteiger partial charge in [-0.05, 0) is 26.2 Å². The second-order valence-corrected chi connectivity index (χ2v) is 6.60. The summed E-state index contributed by atoms with van der Waals surface area (Å²) in [5.74, 6) is 0. The fourth-order valence-electron chi connectivity index (χ4n) is 2.61. The zero-order valence-corrected chi connectivity index (χ0v) is 13.0. The summed E-state index contributed by atoms with van der Waals surface area (Å²) in [4.78, 5) is 19.3. The van der Waals surface area contributed by atoms with Gasteiger partial charge in [-0.3, -0.25) is 9.69 Å². The Kier molecular flexibility index (Phi) is 4.32. The molecule has 6 nitrogen and oxygen atoms in total. The molecule has 1 saturated carbocycles. The van der Waals surface area contributed by atoms with Gasteiger partial charge < -0.3 is 5.11 Å². The van der Waals surface area contributed by atoms with E-state index in [-0.39, 0.29) is 12.2 Å². The molecule has 0 unspecified atom stereocenters. The molecule has 1 aliphatic carbocycles. The van der Waals surface area contributed by atoms with Gasteiger partial charge in [0.25, 0.3) is 5.56 Å². The number of rotatable bonds is 6. The normalized spacial score (nSPS) is 15.8. The Hall–Kier alpha value is -1.31. The van der Waals surface area contributed by atoms with Crippen LogP contribution in [0.2, 0.25) is 0 Å². The molecule has 0 aromatic carbocycles. The minimum Gasteiger partial charge on any atom is -0.396 e. The van der Waals surface area contributed by atoms with E-state index in [1.165, 1.54) is 41.2 Å². The van der Waals surface area contributed by atoms with Crippen LogP contribution in [0.25, 0.3) is 4.96 Å². The molecule has 1 aliphatic rings. The summed E-state index contributed by atoms with van der Waals surface area (Å²) < 4.78 is 1.39. The van der Waals surface area contributed by atoms with E-state index < -0.39 is 0 Å². The molecule has 3 rings (SSSR count). The van der Waals surface area contributed by atoms with Crippen LogP contribution in [0.5, 0.6) is 0 Å². The van der Waals surface area contributed by atoms with E-state index in [4.69, 9.17) is 5.11 Å². The summed E-state index contributed by atoms with van der Waals surface area (Å²) in [6.45, 7) is 3.64. The standard InChI is InChI=1S/C14H20N4O2S/c1-10-8-13(20)18-14(15-10)21-12(16-18)9-17(6-3-7-19)11-4-2-5-11/h8,11,19H,2-7,9H2,1H3. The fourth-order valence-corrected chi connectivity index (χ4v) is 3.58. The Labute approximate surface area is 127 Å². The van der Waals surface area contributed by atoms with Gasteiger partial charge in [-0.25, -0.2) is 4.98 Å². The molecule has 0 spiro atoms. The monoisotopic (exact) mass is 308 g/mol. The first-order valence-corrected chi connectivity index (χ1v) is 8.20. The predicted octanol–water partition coefficient (Wildman–Crippen LogP) is 1.20. The number of aryl methyl sites for hydroxylation is 1. The van der Waals surface area contributed by atoms with E-state index in [1.807, 2.05) is 6.92 Å². The van der Waals surface area contributed by atoms with Crippen molar-refractivity contribution in [2.45, 2.75) is 45.2 Å². The highest BCUT2D eigenvalue weighted by molar-refractivity contribution is 7.16. The Bertz CT molecular complexity index is 677. The largest absolute Gasteiger partial charge is 0.396 e. The average Bonchev–Trinajstić information content (AvgIpc) is 2.76. The van der Waals surface area contributed by atoms with E-state index >= 15 is 0 Å².